The van der Waals surface area contributed by atoms with Gasteiger partial charge in [0.1, 0.15) is 11.2 Å². The van der Waals surface area contributed by atoms with Gasteiger partial charge in [-0.2, -0.15) is 0 Å². The van der Waals surface area contributed by atoms with E-state index < -0.39 is 19.5 Å². The molecule has 0 aliphatic rings. The Bertz CT molecular complexity index is 978. The predicted octanol–water partition coefficient (Wildman–Crippen LogP) is 6.73. The molecule has 0 bridgehead atoms. The van der Waals surface area contributed by atoms with E-state index in [4.69, 9.17) is 8.85 Å². The molecule has 186 valence electrons. The van der Waals surface area contributed by atoms with Crippen molar-refractivity contribution in [2.45, 2.75) is 50.0 Å². The second-order valence-electron chi connectivity index (χ2n) is 9.23. The van der Waals surface area contributed by atoms with Crippen LogP contribution in [-0.4, -0.2) is 19.5 Å². The van der Waals surface area contributed by atoms with Crippen LogP contribution in [-0.2, 0) is 20.1 Å². The third-order valence-electron chi connectivity index (χ3n) is 7.19. The molecule has 0 amide bonds. The van der Waals surface area contributed by atoms with E-state index in [-0.39, 0.29) is 11.2 Å². The summed E-state index contributed by atoms with van der Waals surface area (Å²) in [4.78, 5) is 0. The second kappa shape index (κ2) is 13.0. The Kier molecular flexibility index (Phi) is 9.48. The summed E-state index contributed by atoms with van der Waals surface area (Å²) in [6.45, 7) is 4.48. The smallest absolute Gasteiger partial charge is 0.163 e. The second-order valence-corrected chi connectivity index (χ2v) is 12.0. The lowest BCUT2D eigenvalue weighted by Crippen LogP contribution is -2.33. The van der Waals surface area contributed by atoms with Gasteiger partial charge in [0, 0.05) is 0 Å². The van der Waals surface area contributed by atoms with Crippen molar-refractivity contribution in [3.05, 3.63) is 144 Å². The molecule has 0 spiro atoms. The molecule has 0 heterocycles. The van der Waals surface area contributed by atoms with Gasteiger partial charge in [-0.15, -0.1) is 0 Å². The molecule has 0 saturated heterocycles. The monoisotopic (exact) mass is 510 g/mol. The Hall–Kier alpha value is -2.77. The summed E-state index contributed by atoms with van der Waals surface area (Å²) < 4.78 is 13.8. The van der Waals surface area contributed by atoms with Gasteiger partial charge in [-0.05, 0) is 47.2 Å². The van der Waals surface area contributed by atoms with Crippen molar-refractivity contribution >= 4 is 19.5 Å². The summed E-state index contributed by atoms with van der Waals surface area (Å²) in [7, 11) is -1.47. The van der Waals surface area contributed by atoms with Crippen LogP contribution in [0.5, 0.6) is 0 Å². The Morgan fingerprint density at radius 3 is 0.917 bits per heavy atom. The molecule has 0 fully saturated rings. The molecule has 0 aliphatic carbocycles. The van der Waals surface area contributed by atoms with Gasteiger partial charge < -0.3 is 8.85 Å². The van der Waals surface area contributed by atoms with Crippen molar-refractivity contribution in [2.75, 3.05) is 0 Å². The maximum Gasteiger partial charge on any atom is 0.163 e. The molecule has 0 aromatic heterocycles. The summed E-state index contributed by atoms with van der Waals surface area (Å²) in [5.41, 5.74) is 4.27. The van der Waals surface area contributed by atoms with Crippen molar-refractivity contribution in [2.24, 2.45) is 0 Å². The highest BCUT2D eigenvalue weighted by Crippen LogP contribution is 2.38. The number of hydrogen-bond donors (Lipinski definition) is 0. The molecule has 0 unspecified atom stereocenters. The van der Waals surface area contributed by atoms with Gasteiger partial charge in [0.05, 0.1) is 0 Å². The topological polar surface area (TPSA) is 18.5 Å². The molecular weight excluding hydrogens is 473 g/mol. The lowest BCUT2D eigenvalue weighted by molar-refractivity contribution is 0.109. The fraction of sp³-hybridized carbons (Fsp3) is 0.250. The minimum absolute atomic E-state index is 0.363. The van der Waals surface area contributed by atoms with Crippen LogP contribution in [0.1, 0.15) is 48.9 Å². The van der Waals surface area contributed by atoms with E-state index in [2.05, 4.69) is 135 Å². The maximum atomic E-state index is 6.88. The van der Waals surface area contributed by atoms with Crippen molar-refractivity contribution in [3.63, 3.8) is 0 Å². The van der Waals surface area contributed by atoms with E-state index in [1.807, 2.05) is 0 Å². The van der Waals surface area contributed by atoms with Crippen LogP contribution >= 0.6 is 0 Å². The zero-order valence-corrected chi connectivity index (χ0v) is 24.4. The standard InChI is InChI=1S/C32H38O2Si2/c1-3-31(27-17-9-5-10-18-27,28-19-11-6-12-20-28)33-35-25-26-36-34-32(4-2,29-21-13-7-14-22-29)30-23-15-8-16-24-30/h5-24H,3-4,25-26,35-36H2,1-2H3. The van der Waals surface area contributed by atoms with Gasteiger partial charge in [-0.1, -0.05) is 135 Å². The minimum Gasteiger partial charge on any atom is -0.410 e. The molecule has 0 saturated carbocycles. The van der Waals surface area contributed by atoms with Crippen molar-refractivity contribution in [1.82, 2.24) is 0 Å². The summed E-state index contributed by atoms with van der Waals surface area (Å²) in [5, 5.41) is 0. The minimum atomic E-state index is -0.733. The van der Waals surface area contributed by atoms with Crippen LogP contribution in [0.15, 0.2) is 121 Å². The average molecular weight is 511 g/mol. The third kappa shape index (κ3) is 5.79. The number of rotatable bonds is 13. The van der Waals surface area contributed by atoms with Crippen LogP contribution in [0.3, 0.4) is 0 Å². The van der Waals surface area contributed by atoms with Gasteiger partial charge in [0.2, 0.25) is 0 Å². The van der Waals surface area contributed by atoms with Crippen LogP contribution in [0, 0.1) is 0 Å². The van der Waals surface area contributed by atoms with Gasteiger partial charge >= 0.3 is 0 Å². The average Bonchev–Trinajstić information content (AvgIpc) is 2.97. The number of hydrogen-bond acceptors (Lipinski definition) is 2. The molecule has 4 heteroatoms. The van der Waals surface area contributed by atoms with Crippen LogP contribution in [0.2, 0.25) is 12.1 Å². The zero-order valence-electron chi connectivity index (χ0n) is 21.6. The molecule has 2 nitrogen and oxygen atoms in total. The molecule has 4 aromatic rings. The third-order valence-corrected chi connectivity index (χ3v) is 11.2. The van der Waals surface area contributed by atoms with Crippen LogP contribution in [0.25, 0.3) is 0 Å². The highest BCUT2D eigenvalue weighted by atomic mass is 28.2. The largest absolute Gasteiger partial charge is 0.410 e. The lowest BCUT2D eigenvalue weighted by Gasteiger charge is -2.36. The maximum absolute atomic E-state index is 6.88. The summed E-state index contributed by atoms with van der Waals surface area (Å²) in [6, 6.07) is 45.2. The van der Waals surface area contributed by atoms with E-state index in [9.17, 15) is 0 Å². The Labute approximate surface area is 221 Å². The zero-order chi connectivity index (χ0) is 25.1. The molecule has 0 N–H and O–H groups in total. The van der Waals surface area contributed by atoms with Gasteiger partial charge in [-0.3, -0.25) is 0 Å². The van der Waals surface area contributed by atoms with Crippen LogP contribution < -0.4 is 0 Å². The molecule has 4 rings (SSSR count). The SMILES string of the molecule is CCC(O[SiH2]CC[SiH2]OC(CC)(c1ccccc1)c1ccccc1)(c1ccccc1)c1ccccc1. The first-order valence-corrected chi connectivity index (χ1v) is 16.4. The Balaban J connectivity index is 1.43. The van der Waals surface area contributed by atoms with E-state index in [1.54, 1.807) is 0 Å². The first-order valence-electron chi connectivity index (χ1n) is 13.2. The molecule has 36 heavy (non-hydrogen) atoms. The first kappa shape index (κ1) is 26.3. The fourth-order valence-corrected chi connectivity index (χ4v) is 8.91. The predicted molar refractivity (Wildman–Crippen MR) is 157 cm³/mol. The summed E-state index contributed by atoms with van der Waals surface area (Å²) in [5.74, 6) is 0. The fourth-order valence-electron chi connectivity index (χ4n) is 5.21. The van der Waals surface area contributed by atoms with Gasteiger partial charge in [0.25, 0.3) is 0 Å². The van der Waals surface area contributed by atoms with Crippen molar-refractivity contribution in [3.8, 4) is 0 Å². The quantitative estimate of drug-likeness (QED) is 0.147. The van der Waals surface area contributed by atoms with Gasteiger partial charge in [-0.25, -0.2) is 0 Å². The number of benzene rings is 4. The Morgan fingerprint density at radius 1 is 0.444 bits per heavy atom. The van der Waals surface area contributed by atoms with E-state index in [0.29, 0.717) is 0 Å². The van der Waals surface area contributed by atoms with Crippen molar-refractivity contribution in [1.29, 1.82) is 0 Å². The van der Waals surface area contributed by atoms with E-state index >= 15 is 0 Å². The molecule has 0 atom stereocenters. The normalized spacial score (nSPS) is 12.6. The van der Waals surface area contributed by atoms with Gasteiger partial charge in [0.15, 0.2) is 19.5 Å². The van der Waals surface area contributed by atoms with E-state index in [1.165, 1.54) is 22.3 Å². The highest BCUT2D eigenvalue weighted by Gasteiger charge is 2.34. The molecular formula is C32H38O2Si2. The highest BCUT2D eigenvalue weighted by molar-refractivity contribution is 6.34. The van der Waals surface area contributed by atoms with Crippen molar-refractivity contribution < 1.29 is 8.85 Å². The summed E-state index contributed by atoms with van der Waals surface area (Å²) in [6.07, 6.45) is 1.84. The molecule has 0 aliphatic heterocycles. The molecule has 0 radical (unpaired) electrons. The Morgan fingerprint density at radius 2 is 0.694 bits per heavy atom. The van der Waals surface area contributed by atoms with Crippen LogP contribution in [0.4, 0.5) is 0 Å². The lowest BCUT2D eigenvalue weighted by atomic mass is 9.84. The summed E-state index contributed by atoms with van der Waals surface area (Å²) >= 11 is 0. The first-order chi connectivity index (χ1) is 17.7. The molecule has 4 aromatic carbocycles. The van der Waals surface area contributed by atoms with E-state index in [0.717, 1.165) is 24.9 Å².